The lowest BCUT2D eigenvalue weighted by Crippen LogP contribution is -2.52. The molecule has 1 fully saturated rings. The fraction of sp³-hybridized carbons (Fsp3) is 0.518. The summed E-state index contributed by atoms with van der Waals surface area (Å²) < 4.78 is 1.25. The fourth-order valence-corrected chi connectivity index (χ4v) is 15.8. The molecular weight excluding hydrogens is 1670 g/mol. The summed E-state index contributed by atoms with van der Waals surface area (Å²) in [5, 5.41) is 89.6. The number of nitrogens with two attached hydrogens (primary N) is 4. The monoisotopic (exact) mass is 1780 g/mol. The van der Waals surface area contributed by atoms with E-state index < -0.39 is 266 Å². The standard InChI is InChI=1S/C83H112N18O22S2/c1-44(102)74-70(110)37-52(38-73(113)114)80(120)101-27-7-13-64(101)69(109)34-48(8-4-24-89-82(86)87)76(116)96-63(43-125)67(107)32-47(9-5-25-90-83(88)123)75(115)94-60(31-53-40-91-58-11-3-2-10-57(53)58)66(106)33-49(18-23-71(85)111)77(117)93-59(12-6-26-100-41-54(98-99-100)30-51(79(119)97-74)36-68(108)62(42-124)92-72(112)39-84)65(105)35-50(28-45-14-19-55(103)20-15-45)78(118)95-61(81(121)122)29-46-16-21-56(104)22-17-46/h2-3,10-11,14-17,19-22,40-41,44,47-52,59-64,74,91,102-104,124-125H,4-9,12-13,18,23-39,42-43,84H2,1H3,(H2,85,111)(H,92,112)(H,93,117)(H,94,115)(H,95,118)(H,96,116)(H,97,119)(H,113,114)(H,121,122)(H4,86,87,89)(H3,88,90,123)/t44-,47-,48-,49-,50-,51-,52+,59+,60+,61-,62+,63+,64+,74+/m1/s1. The number of hydrogen-bond donors (Lipinski definition) is 21. The predicted octanol–water partition coefficient (Wildman–Crippen LogP) is -0.677. The number of amides is 10. The third-order valence-corrected chi connectivity index (χ3v) is 22.7. The molecule has 2 bridgehead atoms. The molecule has 7 rings (SSSR count). The van der Waals surface area contributed by atoms with Crippen LogP contribution in [0.2, 0.25) is 0 Å². The van der Waals surface area contributed by atoms with Crippen LogP contribution in [0.3, 0.4) is 0 Å². The number of aryl methyl sites for hydroxylation is 1. The number of H-pyrrole nitrogens is 1. The first-order valence-corrected chi connectivity index (χ1v) is 42.4. The first-order valence-electron chi connectivity index (χ1n) is 41.2. The van der Waals surface area contributed by atoms with Crippen molar-refractivity contribution in [2.24, 2.45) is 58.4 Å². The second kappa shape index (κ2) is 49.3. The highest BCUT2D eigenvalue weighted by atomic mass is 32.1. The van der Waals surface area contributed by atoms with Crippen molar-refractivity contribution in [1.82, 2.24) is 67.4 Å². The number of aliphatic hydroxyl groups is 1. The number of nitrogens with zero attached hydrogens (tertiary/aromatic N) is 4. The average Bonchev–Trinajstić information content (AvgIpc) is 1.77. The summed E-state index contributed by atoms with van der Waals surface area (Å²) in [6, 6.07) is 6.11. The first kappa shape index (κ1) is 99.9. The molecule has 3 aromatic carbocycles. The Morgan fingerprint density at radius 3 is 1.81 bits per heavy atom. The van der Waals surface area contributed by atoms with Crippen molar-refractivity contribution < 1.29 is 107 Å². The Bertz CT molecular complexity index is 4680. The van der Waals surface area contributed by atoms with Gasteiger partial charge in [0.15, 0.2) is 40.7 Å². The lowest BCUT2D eigenvalue weighted by atomic mass is 9.88. The molecule has 42 heteroatoms. The maximum Gasteiger partial charge on any atom is 0.326 e. The molecule has 2 aliphatic heterocycles. The van der Waals surface area contributed by atoms with Crippen LogP contribution in [0.1, 0.15) is 138 Å². The minimum absolute atomic E-state index is 0.000356. The number of aromatic nitrogens is 4. The van der Waals surface area contributed by atoms with E-state index in [0.717, 1.165) is 11.8 Å². The number of thiol groups is 2. The number of aromatic amines is 1. The van der Waals surface area contributed by atoms with Gasteiger partial charge in [-0.1, -0.05) is 47.7 Å². The number of aromatic hydroxyl groups is 2. The van der Waals surface area contributed by atoms with Gasteiger partial charge in [-0.3, -0.25) is 82.0 Å². The SMILES string of the molecule is C[C@@H](O)[C@@H]1NC(=O)[C@@H](CC(=O)[C@H](CS)NC(=O)CN)Cc2cn(nn2)CCC[C@@H](C(=O)C[C@@H](Cc2ccc(O)cc2)C(=O)N[C@H](Cc2ccc(O)cc2)C(=O)O)NC(=O)[C@H](CCC(N)=O)CC(=O)[C@H](Cc2c[nH]c3ccccc23)NC(=O)[C@H](CCCNC(N)=O)CC(=O)[C@H](CS)NC(=O)[C@H](CCCNC(=N)N)CC(=O)[C@@H]2CCCN2C(=O)[C@H](CC(=O)O)CC1=O. The van der Waals surface area contributed by atoms with Crippen LogP contribution in [-0.4, -0.2) is 242 Å². The summed E-state index contributed by atoms with van der Waals surface area (Å²) in [5.41, 5.74) is 24.1. The second-order valence-corrected chi connectivity index (χ2v) is 32.3. The maximum absolute atomic E-state index is 15.5. The first-order chi connectivity index (χ1) is 59.4. The number of Topliss-reactive ketones (excluding diaryl/α,β-unsaturated/α-hetero) is 6. The summed E-state index contributed by atoms with van der Waals surface area (Å²) in [7, 11) is 0. The van der Waals surface area contributed by atoms with E-state index in [1.54, 1.807) is 30.5 Å². The number of carboxylic acids is 2. The average molecular weight is 1780 g/mol. The van der Waals surface area contributed by atoms with E-state index in [-0.39, 0.29) is 120 Å². The molecule has 678 valence electrons. The molecule has 125 heavy (non-hydrogen) atoms. The van der Waals surface area contributed by atoms with Crippen LogP contribution in [0.4, 0.5) is 4.79 Å². The number of aliphatic carboxylic acids is 2. The number of benzene rings is 3. The molecule has 2 aliphatic rings. The van der Waals surface area contributed by atoms with Gasteiger partial charge in [0.25, 0.3) is 0 Å². The van der Waals surface area contributed by atoms with Gasteiger partial charge in [-0.25, -0.2) is 9.59 Å². The van der Waals surface area contributed by atoms with Crippen molar-refractivity contribution in [3.05, 3.63) is 108 Å². The minimum atomic E-state index is -1.92. The number of carbonyl (C=O) groups excluding carboxylic acids is 15. The normalized spacial score (nSPS) is 22.0. The van der Waals surface area contributed by atoms with E-state index >= 15 is 19.2 Å². The number of aliphatic hydroxyl groups excluding tert-OH is 1. The number of carboxylic acid groups (broad SMARTS) is 2. The van der Waals surface area contributed by atoms with Crippen LogP contribution in [0.15, 0.2) is 85.2 Å². The van der Waals surface area contributed by atoms with Gasteiger partial charge < -0.3 is 101 Å². The summed E-state index contributed by atoms with van der Waals surface area (Å²) in [6.45, 7) is 0.130. The molecule has 5 aromatic rings. The van der Waals surface area contributed by atoms with E-state index in [2.05, 4.69) is 83.1 Å². The summed E-state index contributed by atoms with van der Waals surface area (Å²) >= 11 is 8.66. The Balaban J connectivity index is 1.35. The number of phenols is 2. The third-order valence-electron chi connectivity index (χ3n) is 22.0. The van der Waals surface area contributed by atoms with Crippen LogP contribution in [-0.2, 0) is 109 Å². The van der Waals surface area contributed by atoms with Crippen LogP contribution < -0.4 is 65.5 Å². The van der Waals surface area contributed by atoms with Crippen LogP contribution >= 0.6 is 25.3 Å². The van der Waals surface area contributed by atoms with Gasteiger partial charge in [0.1, 0.15) is 23.6 Å². The second-order valence-electron chi connectivity index (χ2n) is 31.5. The summed E-state index contributed by atoms with van der Waals surface area (Å²) in [5.74, 6) is -26.0. The Kier molecular flexibility index (Phi) is 39.4. The Hall–Kier alpha value is -12.2. The highest BCUT2D eigenvalue weighted by Crippen LogP contribution is 2.30. The minimum Gasteiger partial charge on any atom is -0.508 e. The number of carbonyl (C=O) groups is 17. The maximum atomic E-state index is 15.5. The quantitative estimate of drug-likeness (QED) is 0.0107. The van der Waals surface area contributed by atoms with Gasteiger partial charge in [-0.15, -0.1) is 5.10 Å². The number of nitrogens with one attached hydrogen (secondary N) is 10. The molecule has 1 saturated heterocycles. The van der Waals surface area contributed by atoms with Crippen LogP contribution in [0.5, 0.6) is 11.5 Å². The number of guanidine groups is 1. The number of hydrogen-bond acceptors (Lipinski definition) is 26. The van der Waals surface area contributed by atoms with E-state index in [9.17, 15) is 87.9 Å². The number of rotatable bonds is 33. The van der Waals surface area contributed by atoms with Crippen molar-refractivity contribution in [2.75, 3.05) is 37.7 Å². The largest absolute Gasteiger partial charge is 0.508 e. The Labute approximate surface area is 730 Å². The van der Waals surface area contributed by atoms with Gasteiger partial charge in [-0.2, -0.15) is 25.3 Å². The van der Waals surface area contributed by atoms with Crippen molar-refractivity contribution in [3.8, 4) is 11.5 Å². The molecule has 0 unspecified atom stereocenters. The third kappa shape index (κ3) is 31.8. The van der Waals surface area contributed by atoms with E-state index in [1.165, 1.54) is 59.4 Å². The van der Waals surface area contributed by atoms with Gasteiger partial charge in [-0.05, 0) is 118 Å². The Morgan fingerprint density at radius 2 is 1.22 bits per heavy atom. The molecule has 0 saturated carbocycles. The highest BCUT2D eigenvalue weighted by molar-refractivity contribution is 7.80. The van der Waals surface area contributed by atoms with Crippen LogP contribution in [0.25, 0.3) is 10.9 Å². The molecule has 0 radical (unpaired) electrons. The van der Waals surface area contributed by atoms with E-state index in [1.807, 2.05) is 0 Å². The van der Waals surface area contributed by atoms with Crippen molar-refractivity contribution in [2.45, 2.75) is 197 Å². The summed E-state index contributed by atoms with van der Waals surface area (Å²) in [4.78, 5) is 246. The highest BCUT2D eigenvalue weighted by Gasteiger charge is 2.43. The number of phenolic OH excluding ortho intramolecular Hbond substituents is 2. The predicted molar refractivity (Wildman–Crippen MR) is 456 cm³/mol. The molecule has 23 N–H and O–H groups in total. The molecule has 14 atom stereocenters. The molecule has 0 aliphatic carbocycles. The zero-order valence-electron chi connectivity index (χ0n) is 69.1. The molecular formula is C83H112N18O22S2. The molecule has 4 heterocycles. The van der Waals surface area contributed by atoms with Crippen LogP contribution in [0, 0.1) is 40.9 Å². The fourth-order valence-electron chi connectivity index (χ4n) is 15.2. The van der Waals surface area contributed by atoms with Gasteiger partial charge in [0, 0.05) is 149 Å². The number of para-hydroxylation sites is 1. The zero-order chi connectivity index (χ0) is 91.7. The molecule has 40 nitrogen and oxygen atoms in total. The Morgan fingerprint density at radius 1 is 0.640 bits per heavy atom. The lowest BCUT2D eigenvalue weighted by molar-refractivity contribution is -0.148. The smallest absolute Gasteiger partial charge is 0.326 e. The van der Waals surface area contributed by atoms with Crippen molar-refractivity contribution >= 4 is 142 Å². The summed E-state index contributed by atoms with van der Waals surface area (Å²) in [6.07, 6.45) is -7.20. The van der Waals surface area contributed by atoms with Crippen molar-refractivity contribution in [3.63, 3.8) is 0 Å². The zero-order valence-corrected chi connectivity index (χ0v) is 70.9. The van der Waals surface area contributed by atoms with E-state index in [0.29, 0.717) is 27.6 Å². The van der Waals surface area contributed by atoms with Gasteiger partial charge in [0.2, 0.25) is 47.3 Å². The van der Waals surface area contributed by atoms with E-state index in [4.69, 9.17) is 28.3 Å². The molecule has 2 aromatic heterocycles. The number of primary amides is 2. The lowest BCUT2D eigenvalue weighted by Gasteiger charge is -2.30. The number of fused-ring (bicyclic) bond motifs is 4. The topological polar surface area (TPSA) is 665 Å². The van der Waals surface area contributed by atoms with Gasteiger partial charge >= 0.3 is 18.0 Å². The van der Waals surface area contributed by atoms with Crippen molar-refractivity contribution in [1.29, 1.82) is 5.41 Å². The van der Waals surface area contributed by atoms with Gasteiger partial charge in [0.05, 0.1) is 66.8 Å². The molecule has 0 spiro atoms. The molecule has 10 amide bonds. The number of ketones is 6. The number of urea groups is 1.